The zero-order chi connectivity index (χ0) is 17.0. The first kappa shape index (κ1) is 17.7. The lowest BCUT2D eigenvalue weighted by Gasteiger charge is -2.19. The zero-order valence-corrected chi connectivity index (χ0v) is 14.4. The normalized spacial score (nSPS) is 18.5. The Bertz CT molecular complexity index is 736. The fourth-order valence-electron chi connectivity index (χ4n) is 2.04. The van der Waals surface area contributed by atoms with E-state index in [1.807, 2.05) is 6.92 Å². The number of hydrogen-bond acceptors (Lipinski definition) is 4. The van der Waals surface area contributed by atoms with Gasteiger partial charge in [0.2, 0.25) is 5.96 Å². The van der Waals surface area contributed by atoms with Gasteiger partial charge in [-0.25, -0.2) is 22.5 Å². The number of halogens is 2. The van der Waals surface area contributed by atoms with Gasteiger partial charge in [0.1, 0.15) is 10.7 Å². The Balaban J connectivity index is 2.28. The Morgan fingerprint density at radius 3 is 2.87 bits per heavy atom. The van der Waals surface area contributed by atoms with Crippen LogP contribution in [0, 0.1) is 11.7 Å². The average molecular weight is 361 g/mol. The van der Waals surface area contributed by atoms with Crippen molar-refractivity contribution in [3.05, 3.63) is 29.0 Å². The Labute approximate surface area is 140 Å². The van der Waals surface area contributed by atoms with Crippen molar-refractivity contribution < 1.29 is 12.8 Å². The predicted octanol–water partition coefficient (Wildman–Crippen LogP) is 2.46. The number of hydrazone groups is 1. The highest BCUT2D eigenvalue weighted by atomic mass is 35.5. The second-order valence-corrected chi connectivity index (χ2v) is 7.08. The first-order valence-corrected chi connectivity index (χ1v) is 9.07. The minimum Gasteiger partial charge on any atom is -0.251 e. The Kier molecular flexibility index (Phi) is 5.59. The van der Waals surface area contributed by atoms with Crippen molar-refractivity contribution in [1.29, 1.82) is 0 Å². The molecule has 0 saturated heterocycles. The van der Waals surface area contributed by atoms with Gasteiger partial charge in [-0.3, -0.25) is 4.99 Å². The molecule has 6 nitrogen and oxygen atoms in total. The summed E-state index contributed by atoms with van der Waals surface area (Å²) in [5.74, 6) is -0.586. The highest BCUT2D eigenvalue weighted by molar-refractivity contribution is 7.90. The summed E-state index contributed by atoms with van der Waals surface area (Å²) < 4.78 is 41.0. The van der Waals surface area contributed by atoms with E-state index in [2.05, 4.69) is 14.8 Å². The van der Waals surface area contributed by atoms with Crippen molar-refractivity contribution in [2.45, 2.75) is 25.2 Å². The molecule has 1 heterocycles. The van der Waals surface area contributed by atoms with Gasteiger partial charge in [0.05, 0.1) is 6.54 Å². The third kappa shape index (κ3) is 4.20. The average Bonchev–Trinajstić information content (AvgIpc) is 2.98. The lowest BCUT2D eigenvalue weighted by atomic mass is 10.1. The van der Waals surface area contributed by atoms with Gasteiger partial charge >= 0.3 is 0 Å². The van der Waals surface area contributed by atoms with Crippen molar-refractivity contribution in [2.24, 2.45) is 16.0 Å². The third-order valence-electron chi connectivity index (χ3n) is 3.31. The van der Waals surface area contributed by atoms with Gasteiger partial charge < -0.3 is 0 Å². The summed E-state index contributed by atoms with van der Waals surface area (Å²) in [5, 5.41) is 5.76. The number of nitrogens with one attached hydrogen (secondary N) is 1. The van der Waals surface area contributed by atoms with Crippen molar-refractivity contribution in [3.8, 4) is 0 Å². The first-order chi connectivity index (χ1) is 10.9. The van der Waals surface area contributed by atoms with E-state index in [9.17, 15) is 12.8 Å². The molecule has 1 aliphatic heterocycles. The van der Waals surface area contributed by atoms with E-state index in [0.29, 0.717) is 13.1 Å². The smallest absolute Gasteiger partial charge is 0.251 e. The van der Waals surface area contributed by atoms with Gasteiger partial charge in [0.25, 0.3) is 10.0 Å². The molecule has 2 rings (SSSR count). The van der Waals surface area contributed by atoms with Gasteiger partial charge in [-0.05, 0) is 31.5 Å². The Morgan fingerprint density at radius 1 is 1.52 bits per heavy atom. The van der Waals surface area contributed by atoms with Crippen LogP contribution in [0.1, 0.15) is 20.3 Å². The second-order valence-electron chi connectivity index (χ2n) is 4.99. The van der Waals surface area contributed by atoms with Crippen LogP contribution in [0.25, 0.3) is 0 Å². The lowest BCUT2D eigenvalue weighted by molar-refractivity contribution is 0.429. The van der Waals surface area contributed by atoms with E-state index in [4.69, 9.17) is 11.6 Å². The van der Waals surface area contributed by atoms with Crippen molar-refractivity contribution in [1.82, 2.24) is 9.73 Å². The first-order valence-electron chi connectivity index (χ1n) is 7.21. The van der Waals surface area contributed by atoms with Crippen LogP contribution in [0.4, 0.5) is 4.39 Å². The Morgan fingerprint density at radius 2 is 2.26 bits per heavy atom. The summed E-state index contributed by atoms with van der Waals surface area (Å²) in [6, 6.07) is 3.35. The highest BCUT2D eigenvalue weighted by Gasteiger charge is 2.26. The SMILES string of the molecule is CCN=C(NS(=O)(=O)c1cc(Cl)ccc1F)N1CC(CC)C=N1. The zero-order valence-electron chi connectivity index (χ0n) is 12.8. The van der Waals surface area contributed by atoms with E-state index in [1.54, 1.807) is 13.1 Å². The number of hydrogen-bond donors (Lipinski definition) is 1. The number of nitrogens with zero attached hydrogens (tertiary/aromatic N) is 3. The van der Waals surface area contributed by atoms with Gasteiger partial charge in [-0.15, -0.1) is 0 Å². The number of guanidine groups is 1. The quantitative estimate of drug-likeness (QED) is 0.662. The largest absolute Gasteiger partial charge is 0.267 e. The molecule has 23 heavy (non-hydrogen) atoms. The predicted molar refractivity (Wildman–Crippen MR) is 88.7 cm³/mol. The standard InChI is InChI=1S/C14H18ClFN4O2S/c1-3-10-8-18-20(9-10)14(17-4-2)19-23(21,22)13-7-11(15)5-6-12(13)16/h5-8,10H,3-4,9H2,1-2H3,(H,17,19). The summed E-state index contributed by atoms with van der Waals surface area (Å²) in [4.78, 5) is 3.60. The molecular weight excluding hydrogens is 343 g/mol. The van der Waals surface area contributed by atoms with Crippen LogP contribution in [-0.4, -0.2) is 38.7 Å². The maximum Gasteiger partial charge on any atom is 0.267 e. The third-order valence-corrected chi connectivity index (χ3v) is 4.89. The molecule has 126 valence electrons. The van der Waals surface area contributed by atoms with Crippen LogP contribution in [0.3, 0.4) is 0 Å². The summed E-state index contributed by atoms with van der Waals surface area (Å²) >= 11 is 5.76. The molecule has 1 aromatic rings. The van der Waals surface area contributed by atoms with Crippen LogP contribution >= 0.6 is 11.6 Å². The van der Waals surface area contributed by atoms with E-state index in [1.165, 1.54) is 11.1 Å². The fraction of sp³-hybridized carbons (Fsp3) is 0.429. The highest BCUT2D eigenvalue weighted by Crippen LogP contribution is 2.20. The van der Waals surface area contributed by atoms with Crippen LogP contribution in [0.5, 0.6) is 0 Å². The second kappa shape index (κ2) is 7.27. The van der Waals surface area contributed by atoms with Gasteiger partial charge in [-0.2, -0.15) is 5.10 Å². The molecule has 9 heteroatoms. The molecule has 0 fully saturated rings. The molecule has 0 aromatic heterocycles. The van der Waals surface area contributed by atoms with E-state index < -0.39 is 20.7 Å². The molecule has 1 aliphatic rings. The topological polar surface area (TPSA) is 74.1 Å². The molecular formula is C14H18ClFN4O2S. The molecule has 0 spiro atoms. The summed E-state index contributed by atoms with van der Waals surface area (Å²) in [6.45, 7) is 4.67. The number of aliphatic imine (C=N–C) groups is 1. The molecule has 1 unspecified atom stereocenters. The van der Waals surface area contributed by atoms with Crippen LogP contribution in [0.2, 0.25) is 5.02 Å². The summed E-state index contributed by atoms with van der Waals surface area (Å²) in [5.41, 5.74) is 0. The van der Waals surface area contributed by atoms with Gasteiger partial charge in [0.15, 0.2) is 0 Å². The monoisotopic (exact) mass is 360 g/mol. The minimum absolute atomic E-state index is 0.0686. The molecule has 0 radical (unpaired) electrons. The fourth-order valence-corrected chi connectivity index (χ4v) is 3.41. The molecule has 1 N–H and O–H groups in total. The van der Waals surface area contributed by atoms with E-state index in [-0.39, 0.29) is 16.9 Å². The minimum atomic E-state index is -4.15. The summed E-state index contributed by atoms with van der Waals surface area (Å²) in [7, 11) is -4.15. The van der Waals surface area contributed by atoms with Gasteiger partial charge in [0, 0.05) is 23.7 Å². The molecule has 1 aromatic carbocycles. The molecule has 1 atom stereocenters. The Hall–Kier alpha value is -1.67. The molecule has 0 bridgehead atoms. The lowest BCUT2D eigenvalue weighted by Crippen LogP contribution is -2.41. The van der Waals surface area contributed by atoms with Crippen molar-refractivity contribution in [2.75, 3.05) is 13.1 Å². The number of rotatable bonds is 4. The van der Waals surface area contributed by atoms with Crippen LogP contribution < -0.4 is 4.72 Å². The van der Waals surface area contributed by atoms with Gasteiger partial charge in [-0.1, -0.05) is 18.5 Å². The number of sulfonamides is 1. The molecule has 0 amide bonds. The van der Waals surface area contributed by atoms with Crippen LogP contribution in [-0.2, 0) is 10.0 Å². The van der Waals surface area contributed by atoms with E-state index >= 15 is 0 Å². The van der Waals surface area contributed by atoms with Crippen molar-refractivity contribution in [3.63, 3.8) is 0 Å². The number of benzene rings is 1. The molecule has 0 aliphatic carbocycles. The van der Waals surface area contributed by atoms with Crippen LogP contribution in [0.15, 0.2) is 33.2 Å². The maximum absolute atomic E-state index is 13.8. The van der Waals surface area contributed by atoms with Crippen molar-refractivity contribution >= 4 is 33.8 Å². The molecule has 0 saturated carbocycles. The maximum atomic E-state index is 13.8. The van der Waals surface area contributed by atoms with E-state index in [0.717, 1.165) is 18.6 Å². The summed E-state index contributed by atoms with van der Waals surface area (Å²) in [6.07, 6.45) is 2.63.